The van der Waals surface area contributed by atoms with Crippen LogP contribution >= 0.6 is 11.3 Å². The van der Waals surface area contributed by atoms with Gasteiger partial charge in [-0.05, 0) is 25.0 Å². The van der Waals surface area contributed by atoms with Crippen molar-refractivity contribution in [3.8, 4) is 11.4 Å². The Bertz CT molecular complexity index is 868. The molecule has 2 aromatic heterocycles. The van der Waals surface area contributed by atoms with E-state index >= 15 is 0 Å². The molecule has 0 spiro atoms. The second-order valence-electron chi connectivity index (χ2n) is 5.63. The van der Waals surface area contributed by atoms with Crippen molar-refractivity contribution in [2.24, 2.45) is 0 Å². The number of amides is 1. The summed E-state index contributed by atoms with van der Waals surface area (Å²) in [6.07, 6.45) is 4.07. The molecular formula is C17H16N4O2S. The minimum absolute atomic E-state index is 0.240. The van der Waals surface area contributed by atoms with E-state index in [2.05, 4.69) is 15.4 Å². The van der Waals surface area contributed by atoms with Crippen LogP contribution in [0, 0.1) is 0 Å². The molecule has 1 saturated carbocycles. The van der Waals surface area contributed by atoms with Crippen molar-refractivity contribution in [1.29, 1.82) is 0 Å². The fraction of sp³-hybridized carbons (Fsp3) is 0.235. The number of benzene rings is 1. The average molecular weight is 340 g/mol. The maximum Gasteiger partial charge on any atom is 0.281 e. The molecule has 24 heavy (non-hydrogen) atoms. The molecule has 1 fully saturated rings. The van der Waals surface area contributed by atoms with Crippen LogP contribution in [-0.2, 0) is 0 Å². The summed E-state index contributed by atoms with van der Waals surface area (Å²) in [5.41, 5.74) is 2.17. The first-order valence-corrected chi connectivity index (χ1v) is 8.58. The number of thiazole rings is 1. The Hall–Kier alpha value is -2.67. The van der Waals surface area contributed by atoms with Gasteiger partial charge in [0.25, 0.3) is 5.91 Å². The summed E-state index contributed by atoms with van der Waals surface area (Å²) < 4.78 is 6.93. The van der Waals surface area contributed by atoms with E-state index in [-0.39, 0.29) is 11.6 Å². The summed E-state index contributed by atoms with van der Waals surface area (Å²) in [5, 5.41) is 9.77. The molecule has 1 amide bonds. The highest BCUT2D eigenvalue weighted by molar-refractivity contribution is 7.14. The van der Waals surface area contributed by atoms with Crippen molar-refractivity contribution in [2.75, 3.05) is 12.4 Å². The minimum atomic E-state index is -0.321. The standard InChI is InChI=1S/C17H16N4O2S/c1-23-14-9-21(12-5-3-2-4-6-12)20-15(14)16(22)19-17-18-13(10-24-17)11-7-8-11/h2-6,9-11H,7-8H2,1H3,(H,18,19,22). The summed E-state index contributed by atoms with van der Waals surface area (Å²) in [5.74, 6) is 0.673. The second-order valence-corrected chi connectivity index (χ2v) is 6.49. The minimum Gasteiger partial charge on any atom is -0.493 e. The molecule has 1 aliphatic carbocycles. The average Bonchev–Trinajstić information content (AvgIpc) is 3.20. The maximum atomic E-state index is 12.5. The number of carbonyl (C=O) groups excluding carboxylic acids is 1. The highest BCUT2D eigenvalue weighted by Gasteiger charge is 2.27. The van der Waals surface area contributed by atoms with Crippen LogP contribution in [0.4, 0.5) is 5.13 Å². The van der Waals surface area contributed by atoms with Crippen LogP contribution in [0.25, 0.3) is 5.69 Å². The molecule has 122 valence electrons. The molecule has 4 rings (SSSR count). The van der Waals surface area contributed by atoms with E-state index < -0.39 is 0 Å². The normalized spacial score (nSPS) is 13.7. The van der Waals surface area contributed by atoms with Crippen LogP contribution < -0.4 is 10.1 Å². The summed E-state index contributed by atoms with van der Waals surface area (Å²) >= 11 is 1.44. The predicted octanol–water partition coefficient (Wildman–Crippen LogP) is 3.47. The number of nitrogens with zero attached hydrogens (tertiary/aromatic N) is 3. The van der Waals surface area contributed by atoms with Gasteiger partial charge in [-0.25, -0.2) is 9.67 Å². The predicted molar refractivity (Wildman–Crippen MR) is 92.2 cm³/mol. The van der Waals surface area contributed by atoms with E-state index in [4.69, 9.17) is 4.74 Å². The number of carbonyl (C=O) groups is 1. The van der Waals surface area contributed by atoms with E-state index in [1.165, 1.54) is 31.3 Å². The van der Waals surface area contributed by atoms with Crippen LogP contribution in [0.2, 0.25) is 0 Å². The number of aromatic nitrogens is 3. The number of ether oxygens (including phenoxy) is 1. The molecule has 2 heterocycles. The van der Waals surface area contributed by atoms with Crippen LogP contribution in [-0.4, -0.2) is 27.8 Å². The highest BCUT2D eigenvalue weighted by atomic mass is 32.1. The lowest BCUT2D eigenvalue weighted by atomic mass is 10.3. The van der Waals surface area contributed by atoms with Gasteiger partial charge in [-0.15, -0.1) is 11.3 Å². The first-order chi connectivity index (χ1) is 11.7. The molecule has 3 aromatic rings. The Morgan fingerprint density at radius 3 is 2.83 bits per heavy atom. The van der Waals surface area contributed by atoms with E-state index in [0.29, 0.717) is 16.8 Å². The molecule has 6 nitrogen and oxygen atoms in total. The molecule has 1 aliphatic rings. The van der Waals surface area contributed by atoms with Crippen LogP contribution in [0.3, 0.4) is 0 Å². The Balaban J connectivity index is 1.57. The summed E-state index contributed by atoms with van der Waals surface area (Å²) in [6, 6.07) is 9.59. The largest absolute Gasteiger partial charge is 0.493 e. The number of nitrogens with one attached hydrogen (secondary N) is 1. The van der Waals surface area contributed by atoms with Crippen molar-refractivity contribution in [2.45, 2.75) is 18.8 Å². The maximum absolute atomic E-state index is 12.5. The van der Waals surface area contributed by atoms with Gasteiger partial charge < -0.3 is 4.74 Å². The zero-order valence-electron chi connectivity index (χ0n) is 13.1. The van der Waals surface area contributed by atoms with Gasteiger partial charge >= 0.3 is 0 Å². The van der Waals surface area contributed by atoms with Crippen molar-refractivity contribution >= 4 is 22.4 Å². The third-order valence-corrected chi connectivity index (χ3v) is 4.65. The van der Waals surface area contributed by atoms with Crippen LogP contribution in [0.5, 0.6) is 5.75 Å². The third-order valence-electron chi connectivity index (χ3n) is 3.87. The summed E-state index contributed by atoms with van der Waals surface area (Å²) in [7, 11) is 1.53. The molecule has 0 atom stereocenters. The van der Waals surface area contributed by atoms with Gasteiger partial charge in [-0.3, -0.25) is 10.1 Å². The molecule has 0 bridgehead atoms. The van der Waals surface area contributed by atoms with Crippen molar-refractivity contribution < 1.29 is 9.53 Å². The number of anilines is 1. The quantitative estimate of drug-likeness (QED) is 0.772. The van der Waals surface area contributed by atoms with Gasteiger partial charge in [0.2, 0.25) is 0 Å². The number of rotatable bonds is 5. The van der Waals surface area contributed by atoms with Gasteiger partial charge in [0.1, 0.15) is 0 Å². The topological polar surface area (TPSA) is 69.0 Å². The molecular weight excluding hydrogens is 324 g/mol. The molecule has 1 N–H and O–H groups in total. The smallest absolute Gasteiger partial charge is 0.281 e. The van der Waals surface area contributed by atoms with Gasteiger partial charge in [0, 0.05) is 11.3 Å². The summed E-state index contributed by atoms with van der Waals surface area (Å²) in [6.45, 7) is 0. The molecule has 0 radical (unpaired) electrons. The van der Waals surface area contributed by atoms with Gasteiger partial charge in [-0.1, -0.05) is 18.2 Å². The Labute approximate surface area is 143 Å². The lowest BCUT2D eigenvalue weighted by molar-refractivity contribution is 0.101. The zero-order valence-corrected chi connectivity index (χ0v) is 13.9. The van der Waals surface area contributed by atoms with Crippen LogP contribution in [0.1, 0.15) is 34.9 Å². The first kappa shape index (κ1) is 14.9. The van der Waals surface area contributed by atoms with Crippen LogP contribution in [0.15, 0.2) is 41.9 Å². The van der Waals surface area contributed by atoms with E-state index in [1.54, 1.807) is 10.9 Å². The monoisotopic (exact) mass is 340 g/mol. The number of para-hydroxylation sites is 1. The molecule has 0 aliphatic heterocycles. The lowest BCUT2D eigenvalue weighted by Crippen LogP contribution is -2.14. The Morgan fingerprint density at radius 2 is 2.12 bits per heavy atom. The molecule has 7 heteroatoms. The second kappa shape index (κ2) is 6.09. The van der Waals surface area contributed by atoms with Gasteiger partial charge in [0.15, 0.2) is 16.6 Å². The van der Waals surface area contributed by atoms with Crippen molar-refractivity contribution in [3.05, 3.63) is 53.3 Å². The Morgan fingerprint density at radius 1 is 1.33 bits per heavy atom. The number of hydrogen-bond acceptors (Lipinski definition) is 5. The summed E-state index contributed by atoms with van der Waals surface area (Å²) in [4.78, 5) is 17.0. The third kappa shape index (κ3) is 2.90. The van der Waals surface area contributed by atoms with Gasteiger partial charge in [0.05, 0.1) is 24.7 Å². The zero-order chi connectivity index (χ0) is 16.5. The van der Waals surface area contributed by atoms with Crippen molar-refractivity contribution in [1.82, 2.24) is 14.8 Å². The number of hydrogen-bond donors (Lipinski definition) is 1. The molecule has 0 unspecified atom stereocenters. The highest BCUT2D eigenvalue weighted by Crippen LogP contribution is 2.40. The fourth-order valence-corrected chi connectivity index (χ4v) is 3.23. The molecule has 1 aromatic carbocycles. The van der Waals surface area contributed by atoms with Gasteiger partial charge in [-0.2, -0.15) is 5.10 Å². The lowest BCUT2D eigenvalue weighted by Gasteiger charge is -2.01. The van der Waals surface area contributed by atoms with E-state index in [1.807, 2.05) is 35.7 Å². The Kier molecular flexibility index (Phi) is 3.78. The van der Waals surface area contributed by atoms with E-state index in [0.717, 1.165) is 11.4 Å². The first-order valence-electron chi connectivity index (χ1n) is 7.70. The number of methoxy groups -OCH3 is 1. The van der Waals surface area contributed by atoms with E-state index in [9.17, 15) is 4.79 Å². The fourth-order valence-electron chi connectivity index (χ4n) is 2.44. The van der Waals surface area contributed by atoms with Crippen molar-refractivity contribution in [3.63, 3.8) is 0 Å². The SMILES string of the molecule is COc1cn(-c2ccccc2)nc1C(=O)Nc1nc(C2CC2)cs1. The molecule has 0 saturated heterocycles.